The van der Waals surface area contributed by atoms with Gasteiger partial charge in [-0.2, -0.15) is 13.2 Å². The number of hydrogen-bond acceptors (Lipinski definition) is 3. The summed E-state index contributed by atoms with van der Waals surface area (Å²) in [6, 6.07) is 55.5. The van der Waals surface area contributed by atoms with Crippen molar-refractivity contribution < 1.29 is 13.2 Å². The van der Waals surface area contributed by atoms with Gasteiger partial charge in [-0.05, 0) is 71.3 Å². The second-order valence-electron chi connectivity index (χ2n) is 15.8. The lowest BCUT2D eigenvalue weighted by Gasteiger charge is -2.41. The first-order chi connectivity index (χ1) is 29.2. The maximum absolute atomic E-state index is 14.5. The van der Waals surface area contributed by atoms with Crippen molar-refractivity contribution in [2.24, 2.45) is 0 Å². The van der Waals surface area contributed by atoms with Gasteiger partial charge in [-0.25, -0.2) is 9.97 Å². The summed E-state index contributed by atoms with van der Waals surface area (Å²) < 4.78 is 45.6. The van der Waals surface area contributed by atoms with Gasteiger partial charge < -0.3 is 4.98 Å². The highest BCUT2D eigenvalue weighted by atomic mass is 19.4. The van der Waals surface area contributed by atoms with Crippen LogP contribution in [0.3, 0.4) is 0 Å². The maximum Gasteiger partial charge on any atom is 0.417 e. The number of halogens is 3. The number of benzene rings is 7. The van der Waals surface area contributed by atoms with Crippen molar-refractivity contribution in [3.05, 3.63) is 193 Å². The zero-order chi connectivity index (χ0) is 40.8. The lowest BCUT2D eigenvalue weighted by molar-refractivity contribution is -0.136. The third-order valence-electron chi connectivity index (χ3n) is 12.0. The second-order valence-corrected chi connectivity index (χ2v) is 15.8. The summed E-state index contributed by atoms with van der Waals surface area (Å²) in [5, 5.41) is 0.627. The van der Waals surface area contributed by atoms with Crippen LogP contribution in [0.5, 0.6) is 0 Å². The van der Waals surface area contributed by atoms with Crippen LogP contribution in [-0.2, 0) is 11.6 Å². The monoisotopic (exact) mass is 787 g/mol. The number of nitrogens with one attached hydrogen (secondary N) is 1. The summed E-state index contributed by atoms with van der Waals surface area (Å²) in [6.45, 7) is 4.49. The average molecular weight is 788 g/mol. The van der Waals surface area contributed by atoms with E-state index in [1.807, 2.05) is 72.9 Å². The molecular weight excluding hydrogens is 752 g/mol. The highest BCUT2D eigenvalue weighted by Crippen LogP contribution is 2.51. The Morgan fingerprint density at radius 1 is 0.600 bits per heavy atom. The molecule has 3 aromatic heterocycles. The maximum atomic E-state index is 14.5. The Morgan fingerprint density at radius 2 is 1.28 bits per heavy atom. The van der Waals surface area contributed by atoms with Crippen LogP contribution in [0, 0.1) is 0 Å². The molecule has 1 N–H and O–H groups in total. The zero-order valence-electron chi connectivity index (χ0n) is 32.7. The Bertz CT molecular complexity index is 3240. The molecule has 8 heteroatoms. The minimum atomic E-state index is -4.53. The van der Waals surface area contributed by atoms with E-state index in [0.717, 1.165) is 67.8 Å². The van der Waals surface area contributed by atoms with Gasteiger partial charge in [0, 0.05) is 61.5 Å². The predicted molar refractivity (Wildman–Crippen MR) is 236 cm³/mol. The highest BCUT2D eigenvalue weighted by molar-refractivity contribution is 6.14. The van der Waals surface area contributed by atoms with Crippen molar-refractivity contribution in [3.8, 4) is 39.3 Å². The Hall–Kier alpha value is -7.45. The summed E-state index contributed by atoms with van der Waals surface area (Å²) in [6.07, 6.45) is -2.68. The third-order valence-corrected chi connectivity index (χ3v) is 12.0. The molecule has 1 aliphatic heterocycles. The van der Waals surface area contributed by atoms with Crippen LogP contribution < -0.4 is 4.90 Å². The SMILES string of the molecule is CC1(C)c2ccccc2N(c2cccc(-c3ccc(-c4ccccc4)c4c3nc(-c3cccc5c3[nH]c3cccc(C(F)(F)F)c35)n4-c3ccccc3)c2)c2ncccc21. The number of alkyl halides is 3. The van der Waals surface area contributed by atoms with Crippen LogP contribution in [0.2, 0.25) is 0 Å². The zero-order valence-corrected chi connectivity index (χ0v) is 32.7. The van der Waals surface area contributed by atoms with E-state index >= 15 is 0 Å². The molecule has 0 bridgehead atoms. The number of imidazole rings is 1. The summed E-state index contributed by atoms with van der Waals surface area (Å²) in [5.74, 6) is 1.49. The molecule has 0 saturated carbocycles. The van der Waals surface area contributed by atoms with Gasteiger partial charge in [0.05, 0.1) is 27.8 Å². The lowest BCUT2D eigenvalue weighted by Crippen LogP contribution is -2.31. The van der Waals surface area contributed by atoms with E-state index in [4.69, 9.17) is 9.97 Å². The van der Waals surface area contributed by atoms with Crippen LogP contribution in [0.25, 0.3) is 72.2 Å². The van der Waals surface area contributed by atoms with Gasteiger partial charge in [-0.1, -0.05) is 129 Å². The van der Waals surface area contributed by atoms with E-state index in [1.54, 1.807) is 12.1 Å². The van der Waals surface area contributed by atoms with E-state index in [9.17, 15) is 13.2 Å². The molecule has 11 rings (SSSR count). The molecule has 0 spiro atoms. The van der Waals surface area contributed by atoms with Crippen LogP contribution in [-0.4, -0.2) is 19.5 Å². The van der Waals surface area contributed by atoms with E-state index in [-0.39, 0.29) is 10.8 Å². The smallest absolute Gasteiger partial charge is 0.354 e. The molecule has 1 aliphatic rings. The van der Waals surface area contributed by atoms with Crippen molar-refractivity contribution in [1.82, 2.24) is 19.5 Å². The molecule has 10 aromatic rings. The molecule has 0 unspecified atom stereocenters. The quantitative estimate of drug-likeness (QED) is 0.189. The standard InChI is InChI=1S/C52H36F3N5/c1-51(2)40-23-9-10-27-44(40)59(50-42(51)25-14-30-56-50)35-20-11-17-33(31-35)36-28-29-37(32-15-5-3-6-16-32)48-47(36)58-49(60(48)34-18-7-4-8-19-34)39-22-12-21-38-45-41(52(53,54)55)24-13-26-43(45)57-46(38)39/h3-31,57H,1-2H3. The minimum absolute atomic E-state index is 0.144. The molecule has 5 nitrogen and oxygen atoms in total. The molecule has 0 radical (unpaired) electrons. The number of para-hydroxylation sites is 3. The molecule has 7 aromatic carbocycles. The molecular formula is C52H36F3N5. The van der Waals surface area contributed by atoms with Gasteiger partial charge >= 0.3 is 6.18 Å². The van der Waals surface area contributed by atoms with Crippen LogP contribution in [0.1, 0.15) is 30.5 Å². The Kier molecular flexibility index (Phi) is 7.91. The summed E-state index contributed by atoms with van der Waals surface area (Å²) in [7, 11) is 0. The van der Waals surface area contributed by atoms with E-state index < -0.39 is 11.7 Å². The minimum Gasteiger partial charge on any atom is -0.354 e. The molecule has 0 fully saturated rings. The van der Waals surface area contributed by atoms with Gasteiger partial charge in [0.25, 0.3) is 0 Å². The van der Waals surface area contributed by atoms with E-state index in [2.05, 4.69) is 107 Å². The van der Waals surface area contributed by atoms with Crippen LogP contribution in [0.15, 0.2) is 176 Å². The first kappa shape index (κ1) is 35.7. The largest absolute Gasteiger partial charge is 0.417 e. The Morgan fingerprint density at radius 3 is 2.10 bits per heavy atom. The first-order valence-electron chi connectivity index (χ1n) is 19.9. The highest BCUT2D eigenvalue weighted by Gasteiger charge is 2.38. The van der Waals surface area contributed by atoms with Gasteiger partial charge in [-0.3, -0.25) is 9.47 Å². The molecule has 0 amide bonds. The number of nitrogens with zero attached hydrogens (tertiary/aromatic N) is 4. The summed E-state index contributed by atoms with van der Waals surface area (Å²) >= 11 is 0. The number of pyridine rings is 1. The van der Waals surface area contributed by atoms with Crippen molar-refractivity contribution in [3.63, 3.8) is 0 Å². The molecule has 0 aliphatic carbocycles. The Balaban J connectivity index is 1.20. The van der Waals surface area contributed by atoms with Gasteiger partial charge in [0.1, 0.15) is 11.6 Å². The molecule has 290 valence electrons. The van der Waals surface area contributed by atoms with Crippen molar-refractivity contribution >= 4 is 50.0 Å². The fourth-order valence-corrected chi connectivity index (χ4v) is 9.27. The summed E-state index contributed by atoms with van der Waals surface area (Å²) in [4.78, 5) is 16.1. The Labute approximate surface area is 344 Å². The number of hydrogen-bond donors (Lipinski definition) is 1. The number of H-pyrrole nitrogens is 1. The number of aromatic nitrogens is 4. The van der Waals surface area contributed by atoms with Crippen molar-refractivity contribution in [2.45, 2.75) is 25.4 Å². The van der Waals surface area contributed by atoms with Crippen molar-refractivity contribution in [1.29, 1.82) is 0 Å². The van der Waals surface area contributed by atoms with Crippen LogP contribution >= 0.6 is 0 Å². The van der Waals surface area contributed by atoms with Gasteiger partial charge in [0.2, 0.25) is 0 Å². The third kappa shape index (κ3) is 5.40. The van der Waals surface area contributed by atoms with Crippen LogP contribution in [0.4, 0.5) is 30.4 Å². The number of rotatable bonds is 5. The fourth-order valence-electron chi connectivity index (χ4n) is 9.27. The molecule has 0 atom stereocenters. The number of fused-ring (bicyclic) bond motifs is 6. The molecule has 60 heavy (non-hydrogen) atoms. The fraction of sp³-hybridized carbons (Fsp3) is 0.0769. The van der Waals surface area contributed by atoms with E-state index in [1.165, 1.54) is 11.6 Å². The average Bonchev–Trinajstić information content (AvgIpc) is 3.86. The van der Waals surface area contributed by atoms with Gasteiger partial charge in [-0.15, -0.1) is 0 Å². The number of anilines is 3. The molecule has 0 saturated heterocycles. The predicted octanol–water partition coefficient (Wildman–Crippen LogP) is 14.2. The topological polar surface area (TPSA) is 49.7 Å². The lowest BCUT2D eigenvalue weighted by atomic mass is 9.74. The second kappa shape index (κ2) is 13.3. The van der Waals surface area contributed by atoms with Crippen molar-refractivity contribution in [2.75, 3.05) is 4.90 Å². The number of aromatic amines is 1. The molecule has 4 heterocycles. The van der Waals surface area contributed by atoms with Gasteiger partial charge in [0.15, 0.2) is 0 Å². The van der Waals surface area contributed by atoms with E-state index in [0.29, 0.717) is 27.8 Å². The normalized spacial score (nSPS) is 13.5. The first-order valence-corrected chi connectivity index (χ1v) is 19.9. The summed E-state index contributed by atoms with van der Waals surface area (Å²) in [5.41, 5.74) is 11.5.